The molecule has 1 heterocycles. The Labute approximate surface area is 233 Å². The molecule has 0 bridgehead atoms. The molecule has 0 spiro atoms. The summed E-state index contributed by atoms with van der Waals surface area (Å²) in [5.41, 5.74) is 2.02. The van der Waals surface area contributed by atoms with Crippen LogP contribution in [0.2, 0.25) is 0 Å². The van der Waals surface area contributed by atoms with Crippen LogP contribution >= 0.6 is 11.3 Å². The summed E-state index contributed by atoms with van der Waals surface area (Å²) in [4.78, 5) is 0.255. The molecular formula is C28H42N2O5S3. The second kappa shape index (κ2) is 15.1. The van der Waals surface area contributed by atoms with Gasteiger partial charge in [-0.05, 0) is 44.0 Å². The maximum absolute atomic E-state index is 13.3. The average molecular weight is 583 g/mol. The molecule has 10 heteroatoms. The molecule has 212 valence electrons. The maximum Gasteiger partial charge on any atom is 0.243 e. The van der Waals surface area contributed by atoms with Crippen molar-refractivity contribution in [2.75, 3.05) is 13.1 Å². The van der Waals surface area contributed by atoms with Crippen molar-refractivity contribution in [3.63, 3.8) is 0 Å². The van der Waals surface area contributed by atoms with E-state index in [2.05, 4.69) is 25.3 Å². The molecule has 0 aliphatic heterocycles. The van der Waals surface area contributed by atoms with Crippen molar-refractivity contribution in [3.05, 3.63) is 53.0 Å². The van der Waals surface area contributed by atoms with E-state index in [1.807, 2.05) is 26.1 Å². The Balaban J connectivity index is 0.000000384. The minimum atomic E-state index is -4.27. The number of unbranched alkanes of at least 4 members (excludes halogenated alkanes) is 6. The van der Waals surface area contributed by atoms with Gasteiger partial charge in [-0.1, -0.05) is 81.4 Å². The molecule has 2 aromatic carbocycles. The van der Waals surface area contributed by atoms with Gasteiger partial charge in [0.25, 0.3) is 0 Å². The number of nitrogens with zero attached hydrogens (tertiary/aromatic N) is 2. The van der Waals surface area contributed by atoms with Crippen molar-refractivity contribution in [2.24, 2.45) is 7.05 Å². The molecule has 7 nitrogen and oxygen atoms in total. The molecule has 3 rings (SSSR count). The van der Waals surface area contributed by atoms with Gasteiger partial charge in [-0.2, -0.15) is 8.87 Å². The van der Waals surface area contributed by atoms with E-state index >= 15 is 0 Å². The SMILES string of the molecule is CCCCCCN(CCCCCC)S(=O)(=O)c1ccc2c(c1)sc(C)[n+]2C.Cc1ccc(S(=O)(=O)[O-])cc1. The third-order valence-electron chi connectivity index (χ3n) is 6.49. The second-order valence-corrected chi connectivity index (χ2v) is 14.2. The number of hydrogen-bond acceptors (Lipinski definition) is 6. The number of sulfonamides is 1. The molecule has 0 radical (unpaired) electrons. The molecule has 0 unspecified atom stereocenters. The first-order valence-corrected chi connectivity index (χ1v) is 17.0. The molecule has 0 N–H and O–H groups in total. The van der Waals surface area contributed by atoms with Crippen molar-refractivity contribution >= 4 is 41.7 Å². The number of aryl methyl sites for hydroxylation is 3. The fourth-order valence-corrected chi connectivity index (χ4v) is 7.18. The van der Waals surface area contributed by atoms with E-state index in [4.69, 9.17) is 0 Å². The zero-order valence-corrected chi connectivity index (χ0v) is 25.7. The summed E-state index contributed by atoms with van der Waals surface area (Å²) in [7, 11) is -5.69. The summed E-state index contributed by atoms with van der Waals surface area (Å²) in [6.45, 7) is 9.50. The van der Waals surface area contributed by atoms with Crippen LogP contribution in [0, 0.1) is 13.8 Å². The lowest BCUT2D eigenvalue weighted by Crippen LogP contribution is -2.33. The average Bonchev–Trinajstić information content (AvgIpc) is 3.15. The lowest BCUT2D eigenvalue weighted by molar-refractivity contribution is -0.646. The standard InChI is InChI=1S/C21H35N2O2S2.C7H8O3S/c1-5-7-9-11-15-23(16-12-10-8-6-2)27(24,25)19-13-14-20-21(17-19)26-18(3)22(20)4;1-6-2-4-7(5-3-6)11(8,9)10/h13-14,17H,5-12,15-16H2,1-4H3;2-5H,1H3,(H,8,9,10)/q+1;/p-1. The van der Waals surface area contributed by atoms with E-state index in [-0.39, 0.29) is 4.90 Å². The molecule has 0 aliphatic rings. The topological polar surface area (TPSA) is 98.5 Å². The Bertz CT molecular complexity index is 1350. The lowest BCUT2D eigenvalue weighted by Gasteiger charge is -2.22. The first-order chi connectivity index (χ1) is 17.9. The van der Waals surface area contributed by atoms with Crippen LogP contribution in [0.1, 0.15) is 75.8 Å². The zero-order valence-electron chi connectivity index (χ0n) is 23.3. The largest absolute Gasteiger partial charge is 0.744 e. The van der Waals surface area contributed by atoms with E-state index in [1.54, 1.807) is 33.8 Å². The van der Waals surface area contributed by atoms with Crippen molar-refractivity contribution in [1.29, 1.82) is 0 Å². The van der Waals surface area contributed by atoms with Gasteiger partial charge in [0.1, 0.15) is 21.9 Å². The van der Waals surface area contributed by atoms with Crippen LogP contribution in [0.3, 0.4) is 0 Å². The molecule has 3 aromatic rings. The summed E-state index contributed by atoms with van der Waals surface area (Å²) in [5.74, 6) is 0. The summed E-state index contributed by atoms with van der Waals surface area (Å²) in [5, 5.41) is 1.18. The normalized spacial score (nSPS) is 12.1. The Hall–Kier alpha value is -1.85. The quantitative estimate of drug-likeness (QED) is 0.138. The summed E-state index contributed by atoms with van der Waals surface area (Å²) in [6.07, 6.45) is 8.73. The predicted octanol–water partition coefficient (Wildman–Crippen LogP) is 6.08. The van der Waals surface area contributed by atoms with Gasteiger partial charge < -0.3 is 4.55 Å². The highest BCUT2D eigenvalue weighted by molar-refractivity contribution is 7.89. The van der Waals surface area contributed by atoms with Gasteiger partial charge in [0, 0.05) is 26.1 Å². The highest BCUT2D eigenvalue weighted by atomic mass is 32.2. The Morgan fingerprint density at radius 3 is 1.82 bits per heavy atom. The first kappa shape index (κ1) is 32.4. The lowest BCUT2D eigenvalue weighted by atomic mass is 10.2. The molecule has 38 heavy (non-hydrogen) atoms. The molecule has 0 amide bonds. The van der Waals surface area contributed by atoms with E-state index < -0.39 is 20.1 Å². The Morgan fingerprint density at radius 1 is 0.789 bits per heavy atom. The van der Waals surface area contributed by atoms with Gasteiger partial charge in [0.2, 0.25) is 20.5 Å². The second-order valence-electron chi connectivity index (χ2n) is 9.60. The van der Waals surface area contributed by atoms with Crippen molar-refractivity contribution in [1.82, 2.24) is 4.31 Å². The number of hydrogen-bond donors (Lipinski definition) is 0. The van der Waals surface area contributed by atoms with Crippen LogP contribution < -0.4 is 4.57 Å². The number of aromatic nitrogens is 1. The number of thiazole rings is 1. The molecule has 0 saturated heterocycles. The minimum Gasteiger partial charge on any atom is -0.744 e. The van der Waals surface area contributed by atoms with Crippen LogP contribution in [-0.4, -0.2) is 38.8 Å². The maximum atomic E-state index is 13.3. The van der Waals surface area contributed by atoms with Crippen LogP contribution in [0.5, 0.6) is 0 Å². The number of fused-ring (bicyclic) bond motifs is 1. The highest BCUT2D eigenvalue weighted by Gasteiger charge is 2.25. The fourth-order valence-electron chi connectivity index (χ4n) is 4.05. The van der Waals surface area contributed by atoms with Gasteiger partial charge in [-0.25, -0.2) is 16.8 Å². The van der Waals surface area contributed by atoms with Crippen LogP contribution in [-0.2, 0) is 27.2 Å². The zero-order chi connectivity index (χ0) is 28.3. The number of rotatable bonds is 13. The van der Waals surface area contributed by atoms with Crippen LogP contribution in [0.25, 0.3) is 10.2 Å². The highest BCUT2D eigenvalue weighted by Crippen LogP contribution is 2.25. The van der Waals surface area contributed by atoms with Gasteiger partial charge in [-0.15, -0.1) is 0 Å². The summed E-state index contributed by atoms with van der Waals surface area (Å²) < 4.78 is 62.7. The van der Waals surface area contributed by atoms with Crippen molar-refractivity contribution < 1.29 is 26.0 Å². The molecule has 0 aliphatic carbocycles. The van der Waals surface area contributed by atoms with E-state index in [0.717, 1.165) is 54.3 Å². The number of benzene rings is 2. The van der Waals surface area contributed by atoms with E-state index in [9.17, 15) is 21.4 Å². The molecule has 0 saturated carbocycles. The monoisotopic (exact) mass is 582 g/mol. The van der Waals surface area contributed by atoms with Crippen LogP contribution in [0.4, 0.5) is 0 Å². The van der Waals surface area contributed by atoms with Crippen molar-refractivity contribution in [2.45, 2.75) is 88.9 Å². The molecule has 0 atom stereocenters. The first-order valence-electron chi connectivity index (χ1n) is 13.3. The third kappa shape index (κ3) is 9.41. The Morgan fingerprint density at radius 2 is 1.32 bits per heavy atom. The van der Waals surface area contributed by atoms with Crippen LogP contribution in [0.15, 0.2) is 52.3 Å². The van der Waals surface area contributed by atoms with Gasteiger partial charge in [-0.3, -0.25) is 0 Å². The Kier molecular flexibility index (Phi) is 12.8. The molecule has 1 aromatic heterocycles. The molecular weight excluding hydrogens is 541 g/mol. The summed E-state index contributed by atoms with van der Waals surface area (Å²) in [6, 6.07) is 11.4. The van der Waals surface area contributed by atoms with E-state index in [0.29, 0.717) is 18.0 Å². The fraction of sp³-hybridized carbons (Fsp3) is 0.536. The summed E-state index contributed by atoms with van der Waals surface area (Å²) >= 11 is 1.65. The molecule has 0 fully saturated rings. The van der Waals surface area contributed by atoms with Gasteiger partial charge in [0.15, 0.2) is 0 Å². The smallest absolute Gasteiger partial charge is 0.243 e. The van der Waals surface area contributed by atoms with Gasteiger partial charge in [0.05, 0.1) is 9.79 Å². The third-order valence-corrected chi connectivity index (χ3v) is 10.4. The predicted molar refractivity (Wildman–Crippen MR) is 154 cm³/mol. The van der Waals surface area contributed by atoms with E-state index in [1.165, 1.54) is 30.0 Å². The van der Waals surface area contributed by atoms with Gasteiger partial charge >= 0.3 is 0 Å². The minimum absolute atomic E-state index is 0.178. The van der Waals surface area contributed by atoms with Crippen molar-refractivity contribution in [3.8, 4) is 0 Å².